The summed E-state index contributed by atoms with van der Waals surface area (Å²) in [5, 5.41) is 12.5. The maximum Gasteiger partial charge on any atom is 0.266 e. The molecule has 0 radical (unpaired) electrons. The average Bonchev–Trinajstić information content (AvgIpc) is 2.75. The van der Waals surface area contributed by atoms with E-state index in [1.807, 2.05) is 80.6 Å². The number of nitrogens with zero attached hydrogens (tertiary/aromatic N) is 1. The van der Waals surface area contributed by atoms with Crippen LogP contribution in [-0.2, 0) is 11.4 Å². The maximum atomic E-state index is 12.8. The molecule has 31 heavy (non-hydrogen) atoms. The Morgan fingerprint density at radius 2 is 1.74 bits per heavy atom. The number of anilines is 1. The van der Waals surface area contributed by atoms with Gasteiger partial charge < -0.3 is 10.1 Å². The Morgan fingerprint density at radius 3 is 2.45 bits per heavy atom. The molecule has 0 saturated heterocycles. The number of carbonyl (C=O) groups excluding carboxylic acids is 1. The Morgan fingerprint density at radius 1 is 1.03 bits per heavy atom. The molecule has 3 aromatic rings. The lowest BCUT2D eigenvalue weighted by atomic mass is 10.1. The van der Waals surface area contributed by atoms with Crippen LogP contribution in [0, 0.1) is 25.2 Å². The fourth-order valence-electron chi connectivity index (χ4n) is 2.87. The van der Waals surface area contributed by atoms with Crippen molar-refractivity contribution in [1.29, 1.82) is 5.26 Å². The number of halogens is 2. The van der Waals surface area contributed by atoms with Gasteiger partial charge in [-0.2, -0.15) is 5.26 Å². The summed E-state index contributed by atoms with van der Waals surface area (Å²) >= 11 is 6.87. The van der Waals surface area contributed by atoms with Crippen molar-refractivity contribution < 1.29 is 9.53 Å². The van der Waals surface area contributed by atoms with Gasteiger partial charge in [0.05, 0.1) is 0 Å². The number of ether oxygens (including phenoxy) is 1. The Balaban J connectivity index is 1.84. The Kier molecular flexibility index (Phi) is 7.67. The van der Waals surface area contributed by atoms with E-state index in [4.69, 9.17) is 4.74 Å². The monoisotopic (exact) mass is 538 g/mol. The molecule has 0 aliphatic carbocycles. The molecule has 1 N–H and O–H groups in total. The van der Waals surface area contributed by atoms with Gasteiger partial charge in [0.15, 0.2) is 0 Å². The summed E-state index contributed by atoms with van der Waals surface area (Å²) in [4.78, 5) is 12.8. The van der Waals surface area contributed by atoms with Gasteiger partial charge in [-0.1, -0.05) is 56.1 Å². The van der Waals surface area contributed by atoms with Crippen molar-refractivity contribution in [2.24, 2.45) is 0 Å². The molecule has 6 heteroatoms. The number of nitriles is 1. The van der Waals surface area contributed by atoms with E-state index < -0.39 is 5.91 Å². The molecule has 156 valence electrons. The lowest BCUT2D eigenvalue weighted by molar-refractivity contribution is -0.112. The van der Waals surface area contributed by atoms with Crippen LogP contribution in [0.3, 0.4) is 0 Å². The van der Waals surface area contributed by atoms with Crippen LogP contribution in [0.2, 0.25) is 0 Å². The van der Waals surface area contributed by atoms with Gasteiger partial charge in [-0.25, -0.2) is 0 Å². The van der Waals surface area contributed by atoms with Crippen molar-refractivity contribution in [2.45, 2.75) is 20.5 Å². The molecule has 1 amide bonds. The second-order valence-corrected chi connectivity index (χ2v) is 8.87. The Bertz CT molecular complexity index is 1180. The number of carbonyl (C=O) groups is 1. The maximum absolute atomic E-state index is 12.8. The molecule has 4 nitrogen and oxygen atoms in total. The number of benzene rings is 3. The number of hydrogen-bond acceptors (Lipinski definition) is 3. The van der Waals surface area contributed by atoms with Gasteiger partial charge in [-0.3, -0.25) is 4.79 Å². The lowest BCUT2D eigenvalue weighted by Crippen LogP contribution is -2.14. The van der Waals surface area contributed by atoms with E-state index in [0.717, 1.165) is 25.6 Å². The van der Waals surface area contributed by atoms with E-state index in [1.54, 1.807) is 6.08 Å². The number of aryl methyl sites for hydroxylation is 2. The van der Waals surface area contributed by atoms with Crippen molar-refractivity contribution in [2.75, 3.05) is 5.32 Å². The first-order valence-electron chi connectivity index (χ1n) is 9.53. The lowest BCUT2D eigenvalue weighted by Gasteiger charge is -2.11. The minimum Gasteiger partial charge on any atom is -0.488 e. The first kappa shape index (κ1) is 22.8. The van der Waals surface area contributed by atoms with Crippen LogP contribution in [0.4, 0.5) is 5.69 Å². The molecule has 0 unspecified atom stereocenters. The van der Waals surface area contributed by atoms with Crippen LogP contribution < -0.4 is 10.1 Å². The Hall–Kier alpha value is -2.88. The van der Waals surface area contributed by atoms with Gasteiger partial charge in [0, 0.05) is 20.2 Å². The third-order valence-electron chi connectivity index (χ3n) is 4.59. The zero-order valence-corrected chi connectivity index (χ0v) is 20.2. The largest absolute Gasteiger partial charge is 0.488 e. The SMILES string of the molecule is Cc1ccc(C)c(NC(=O)/C(C#N)=C/c2cc(Br)ccc2OCc2ccc(Br)cc2)c1. The zero-order valence-electron chi connectivity index (χ0n) is 17.1. The number of rotatable bonds is 6. The summed E-state index contributed by atoms with van der Waals surface area (Å²) < 4.78 is 7.79. The molecule has 0 aliphatic heterocycles. The smallest absolute Gasteiger partial charge is 0.266 e. The molecular weight excluding hydrogens is 520 g/mol. The molecule has 0 heterocycles. The fraction of sp³-hybridized carbons (Fsp3) is 0.120. The first-order chi connectivity index (χ1) is 14.9. The third-order valence-corrected chi connectivity index (χ3v) is 5.61. The highest BCUT2D eigenvalue weighted by Gasteiger charge is 2.13. The van der Waals surface area contributed by atoms with E-state index in [-0.39, 0.29) is 5.57 Å². The van der Waals surface area contributed by atoms with E-state index in [1.165, 1.54) is 0 Å². The first-order valence-corrected chi connectivity index (χ1v) is 11.1. The van der Waals surface area contributed by atoms with Gasteiger partial charge in [-0.05, 0) is 73.0 Å². The summed E-state index contributed by atoms with van der Waals surface area (Å²) in [5.41, 5.74) is 4.28. The average molecular weight is 540 g/mol. The minimum atomic E-state index is -0.463. The molecule has 0 bridgehead atoms. The highest BCUT2D eigenvalue weighted by Crippen LogP contribution is 2.27. The summed E-state index contributed by atoms with van der Waals surface area (Å²) in [7, 11) is 0. The van der Waals surface area contributed by atoms with Gasteiger partial charge in [0.25, 0.3) is 5.91 Å². The second-order valence-electron chi connectivity index (χ2n) is 7.04. The molecule has 0 fully saturated rings. The molecular formula is C25H20Br2N2O2. The predicted octanol–water partition coefficient (Wildman–Crippen LogP) is 6.95. The van der Waals surface area contributed by atoms with E-state index in [9.17, 15) is 10.1 Å². The van der Waals surface area contributed by atoms with Crippen molar-refractivity contribution >= 4 is 49.5 Å². The molecule has 3 aromatic carbocycles. The van der Waals surface area contributed by atoms with Gasteiger partial charge in [0.2, 0.25) is 0 Å². The third kappa shape index (κ3) is 6.30. The van der Waals surface area contributed by atoms with E-state index in [0.29, 0.717) is 23.6 Å². The summed E-state index contributed by atoms with van der Waals surface area (Å²) in [6, 6.07) is 21.1. The highest BCUT2D eigenvalue weighted by molar-refractivity contribution is 9.10. The molecule has 3 rings (SSSR count). The number of amides is 1. The highest BCUT2D eigenvalue weighted by atomic mass is 79.9. The van der Waals surface area contributed by atoms with Crippen LogP contribution in [0.25, 0.3) is 6.08 Å². The van der Waals surface area contributed by atoms with Crippen LogP contribution in [0.5, 0.6) is 5.75 Å². The van der Waals surface area contributed by atoms with Crippen LogP contribution in [-0.4, -0.2) is 5.91 Å². The number of nitrogens with one attached hydrogen (secondary N) is 1. The van der Waals surface area contributed by atoms with Crippen molar-refractivity contribution in [1.82, 2.24) is 0 Å². The summed E-state index contributed by atoms with van der Waals surface area (Å²) in [5.74, 6) is 0.119. The van der Waals surface area contributed by atoms with Crippen molar-refractivity contribution in [3.63, 3.8) is 0 Å². The van der Waals surface area contributed by atoms with Crippen LogP contribution in [0.15, 0.2) is 75.2 Å². The topological polar surface area (TPSA) is 62.1 Å². The van der Waals surface area contributed by atoms with Crippen LogP contribution >= 0.6 is 31.9 Å². The second kappa shape index (κ2) is 10.4. The van der Waals surface area contributed by atoms with Crippen molar-refractivity contribution in [3.05, 3.63) is 97.4 Å². The molecule has 0 aromatic heterocycles. The Labute approximate surface area is 198 Å². The van der Waals surface area contributed by atoms with Crippen LogP contribution in [0.1, 0.15) is 22.3 Å². The molecule has 0 saturated carbocycles. The minimum absolute atomic E-state index is 0.00695. The fourth-order valence-corrected chi connectivity index (χ4v) is 3.51. The van der Waals surface area contributed by atoms with Gasteiger partial charge in [-0.15, -0.1) is 0 Å². The molecule has 0 atom stereocenters. The van der Waals surface area contributed by atoms with Gasteiger partial charge >= 0.3 is 0 Å². The molecule has 0 aliphatic rings. The normalized spacial score (nSPS) is 11.0. The zero-order chi connectivity index (χ0) is 22.4. The quantitative estimate of drug-likeness (QED) is 0.272. The number of hydrogen-bond donors (Lipinski definition) is 1. The van der Waals surface area contributed by atoms with E-state index in [2.05, 4.69) is 37.2 Å². The predicted molar refractivity (Wildman–Crippen MR) is 131 cm³/mol. The van der Waals surface area contributed by atoms with Gasteiger partial charge in [0.1, 0.15) is 24.0 Å². The van der Waals surface area contributed by atoms with Crippen molar-refractivity contribution in [3.8, 4) is 11.8 Å². The molecule has 0 spiro atoms. The summed E-state index contributed by atoms with van der Waals surface area (Å²) in [6.07, 6.45) is 1.54. The standard InChI is InChI=1S/C25H20Br2N2O2/c1-16-3-4-17(2)23(11-16)29-25(30)20(14-28)12-19-13-22(27)9-10-24(19)31-15-18-5-7-21(26)8-6-18/h3-13H,15H2,1-2H3,(H,29,30)/b20-12+. The van der Waals surface area contributed by atoms with E-state index >= 15 is 0 Å². The summed E-state index contributed by atoms with van der Waals surface area (Å²) in [6.45, 7) is 4.23.